The van der Waals surface area contributed by atoms with Gasteiger partial charge in [-0.15, -0.1) is 0 Å². The zero-order chi connectivity index (χ0) is 9.61. The number of rotatable bonds is 6. The Hall–Kier alpha value is -0.120. The lowest BCUT2D eigenvalue weighted by Gasteiger charge is -2.27. The van der Waals surface area contributed by atoms with Crippen LogP contribution in [-0.2, 0) is 4.74 Å². The smallest absolute Gasteiger partial charge is 0.0671 e. The van der Waals surface area contributed by atoms with Crippen LogP contribution in [-0.4, -0.2) is 37.0 Å². The summed E-state index contributed by atoms with van der Waals surface area (Å²) in [5.41, 5.74) is -0.302. The highest BCUT2D eigenvalue weighted by Crippen LogP contribution is 2.05. The van der Waals surface area contributed by atoms with Crippen LogP contribution in [0.2, 0.25) is 0 Å². The molecule has 3 nitrogen and oxygen atoms in total. The number of ether oxygens (including phenoxy) is 1. The molecule has 0 aromatic heterocycles. The summed E-state index contributed by atoms with van der Waals surface area (Å²) in [6.45, 7) is 6.71. The third-order valence-corrected chi connectivity index (χ3v) is 2.21. The van der Waals surface area contributed by atoms with Gasteiger partial charge in [-0.1, -0.05) is 6.92 Å². The summed E-state index contributed by atoms with van der Waals surface area (Å²) in [6, 6.07) is 0. The van der Waals surface area contributed by atoms with Crippen LogP contribution < -0.4 is 5.32 Å². The van der Waals surface area contributed by atoms with Gasteiger partial charge in [-0.25, -0.2) is 0 Å². The fourth-order valence-corrected chi connectivity index (χ4v) is 0.641. The van der Waals surface area contributed by atoms with Crippen LogP contribution in [0.4, 0.5) is 0 Å². The van der Waals surface area contributed by atoms with E-state index in [2.05, 4.69) is 12.2 Å². The Morgan fingerprint density at radius 2 is 2.17 bits per heavy atom. The number of hydrogen-bond acceptors (Lipinski definition) is 3. The van der Waals surface area contributed by atoms with E-state index in [-0.39, 0.29) is 18.2 Å². The highest BCUT2D eigenvalue weighted by atomic mass is 16.5. The van der Waals surface area contributed by atoms with Crippen molar-refractivity contribution in [1.82, 2.24) is 5.32 Å². The molecule has 0 amide bonds. The molecule has 0 heterocycles. The highest BCUT2D eigenvalue weighted by Gasteiger charge is 2.21. The first kappa shape index (κ1) is 11.9. The van der Waals surface area contributed by atoms with Gasteiger partial charge in [0.15, 0.2) is 0 Å². The minimum absolute atomic E-state index is 0.0972. The Labute approximate surface area is 75.1 Å². The highest BCUT2D eigenvalue weighted by molar-refractivity contribution is 4.80. The quantitative estimate of drug-likeness (QED) is 0.626. The Morgan fingerprint density at radius 1 is 1.58 bits per heavy atom. The average Bonchev–Trinajstić information content (AvgIpc) is 2.13. The number of nitrogens with one attached hydrogen (secondary N) is 1. The lowest BCUT2D eigenvalue weighted by molar-refractivity contribution is 0.00564. The molecule has 0 bridgehead atoms. The van der Waals surface area contributed by atoms with Crippen molar-refractivity contribution in [2.75, 3.05) is 20.3 Å². The molecule has 2 unspecified atom stereocenters. The van der Waals surface area contributed by atoms with E-state index in [1.807, 2.05) is 20.9 Å². The van der Waals surface area contributed by atoms with Crippen LogP contribution in [0.25, 0.3) is 0 Å². The molecule has 0 aromatic carbocycles. The van der Waals surface area contributed by atoms with E-state index >= 15 is 0 Å². The first-order valence-electron chi connectivity index (χ1n) is 4.49. The Balaban J connectivity index is 3.72. The second-order valence-electron chi connectivity index (χ2n) is 3.50. The number of hydrogen-bond donors (Lipinski definition) is 2. The number of aliphatic hydroxyl groups excluding tert-OH is 1. The molecule has 0 fully saturated rings. The summed E-state index contributed by atoms with van der Waals surface area (Å²) in [7, 11) is 1.83. The Kier molecular flexibility index (Phi) is 5.46. The zero-order valence-electron chi connectivity index (χ0n) is 8.55. The van der Waals surface area contributed by atoms with Gasteiger partial charge >= 0.3 is 0 Å². The SMILES string of the molecule is CCC(C)OCC(C)(CO)NC. The summed E-state index contributed by atoms with van der Waals surface area (Å²) in [5.74, 6) is 0. The van der Waals surface area contributed by atoms with E-state index in [0.29, 0.717) is 6.61 Å². The van der Waals surface area contributed by atoms with E-state index in [0.717, 1.165) is 6.42 Å². The van der Waals surface area contributed by atoms with Crippen molar-refractivity contribution in [1.29, 1.82) is 0 Å². The van der Waals surface area contributed by atoms with Crippen LogP contribution in [0.5, 0.6) is 0 Å². The molecule has 0 saturated carbocycles. The number of likely N-dealkylation sites (N-methyl/N-ethyl adjacent to an activating group) is 1. The molecule has 74 valence electrons. The molecular formula is C9H21NO2. The third kappa shape index (κ3) is 4.04. The molecule has 0 aliphatic rings. The maximum atomic E-state index is 9.03. The summed E-state index contributed by atoms with van der Waals surface area (Å²) in [6.07, 6.45) is 1.27. The van der Waals surface area contributed by atoms with E-state index < -0.39 is 0 Å². The second kappa shape index (κ2) is 5.51. The molecule has 0 aromatic rings. The lowest BCUT2D eigenvalue weighted by atomic mass is 10.1. The van der Waals surface area contributed by atoms with Gasteiger partial charge in [0.1, 0.15) is 0 Å². The topological polar surface area (TPSA) is 41.5 Å². The normalized spacial score (nSPS) is 18.8. The molecular weight excluding hydrogens is 154 g/mol. The molecule has 12 heavy (non-hydrogen) atoms. The van der Waals surface area contributed by atoms with Crippen LogP contribution in [0.15, 0.2) is 0 Å². The van der Waals surface area contributed by atoms with Crippen molar-refractivity contribution in [2.45, 2.75) is 38.8 Å². The minimum atomic E-state index is -0.302. The second-order valence-corrected chi connectivity index (χ2v) is 3.50. The fourth-order valence-electron chi connectivity index (χ4n) is 0.641. The van der Waals surface area contributed by atoms with Gasteiger partial charge < -0.3 is 15.2 Å². The van der Waals surface area contributed by atoms with Crippen molar-refractivity contribution in [3.8, 4) is 0 Å². The van der Waals surface area contributed by atoms with Crippen LogP contribution in [0, 0.1) is 0 Å². The van der Waals surface area contributed by atoms with Crippen molar-refractivity contribution in [2.24, 2.45) is 0 Å². The van der Waals surface area contributed by atoms with Crippen molar-refractivity contribution >= 4 is 0 Å². The first-order chi connectivity index (χ1) is 5.58. The molecule has 0 aliphatic heterocycles. The van der Waals surface area contributed by atoms with E-state index in [1.165, 1.54) is 0 Å². The molecule has 0 spiro atoms. The Bertz CT molecular complexity index is 113. The van der Waals surface area contributed by atoms with Gasteiger partial charge in [0.05, 0.1) is 24.9 Å². The largest absolute Gasteiger partial charge is 0.394 e. The Morgan fingerprint density at radius 3 is 2.50 bits per heavy atom. The van der Waals surface area contributed by atoms with Gasteiger partial charge in [-0.3, -0.25) is 0 Å². The predicted octanol–water partition coefficient (Wildman–Crippen LogP) is 0.772. The summed E-state index contributed by atoms with van der Waals surface area (Å²) < 4.78 is 5.52. The average molecular weight is 175 g/mol. The molecule has 0 rings (SSSR count). The molecule has 0 aliphatic carbocycles. The maximum Gasteiger partial charge on any atom is 0.0671 e. The van der Waals surface area contributed by atoms with Crippen LogP contribution >= 0.6 is 0 Å². The van der Waals surface area contributed by atoms with Gasteiger partial charge in [-0.05, 0) is 27.3 Å². The number of aliphatic hydroxyl groups is 1. The molecule has 0 radical (unpaired) electrons. The molecule has 0 saturated heterocycles. The molecule has 2 N–H and O–H groups in total. The summed E-state index contributed by atoms with van der Waals surface area (Å²) >= 11 is 0. The van der Waals surface area contributed by atoms with Crippen LogP contribution in [0.1, 0.15) is 27.2 Å². The molecule has 2 atom stereocenters. The minimum Gasteiger partial charge on any atom is -0.394 e. The molecule has 3 heteroatoms. The monoisotopic (exact) mass is 175 g/mol. The predicted molar refractivity (Wildman–Crippen MR) is 50.3 cm³/mol. The van der Waals surface area contributed by atoms with Crippen molar-refractivity contribution < 1.29 is 9.84 Å². The lowest BCUT2D eigenvalue weighted by Crippen LogP contribution is -2.48. The van der Waals surface area contributed by atoms with Crippen molar-refractivity contribution in [3.63, 3.8) is 0 Å². The first-order valence-corrected chi connectivity index (χ1v) is 4.49. The van der Waals surface area contributed by atoms with E-state index in [4.69, 9.17) is 9.84 Å². The van der Waals surface area contributed by atoms with E-state index in [9.17, 15) is 0 Å². The van der Waals surface area contributed by atoms with Gasteiger partial charge in [-0.2, -0.15) is 0 Å². The zero-order valence-corrected chi connectivity index (χ0v) is 8.55. The maximum absolute atomic E-state index is 9.03. The van der Waals surface area contributed by atoms with Gasteiger partial charge in [0, 0.05) is 0 Å². The van der Waals surface area contributed by atoms with Gasteiger partial charge in [0.2, 0.25) is 0 Å². The third-order valence-electron chi connectivity index (χ3n) is 2.21. The van der Waals surface area contributed by atoms with Gasteiger partial charge in [0.25, 0.3) is 0 Å². The van der Waals surface area contributed by atoms with Crippen LogP contribution in [0.3, 0.4) is 0 Å². The summed E-state index contributed by atoms with van der Waals surface area (Å²) in [4.78, 5) is 0. The van der Waals surface area contributed by atoms with Crippen molar-refractivity contribution in [3.05, 3.63) is 0 Å². The van der Waals surface area contributed by atoms with E-state index in [1.54, 1.807) is 0 Å². The standard InChI is InChI=1S/C9H21NO2/c1-5-8(2)12-7-9(3,6-11)10-4/h8,10-11H,5-7H2,1-4H3. The summed E-state index contributed by atoms with van der Waals surface area (Å²) in [5, 5.41) is 12.1. The fraction of sp³-hybridized carbons (Fsp3) is 1.00.